The van der Waals surface area contributed by atoms with Crippen LogP contribution in [0.15, 0.2) is 95.6 Å². The molecule has 1 saturated carbocycles. The number of fused-ring (bicyclic) bond motifs is 1. The van der Waals surface area contributed by atoms with Gasteiger partial charge >= 0.3 is 0 Å². The molecule has 0 aliphatic heterocycles. The van der Waals surface area contributed by atoms with Crippen LogP contribution >= 0.6 is 22.6 Å². The minimum Gasteiger partial charge on any atom is -0.462 e. The summed E-state index contributed by atoms with van der Waals surface area (Å²) in [4.78, 5) is 0. The van der Waals surface area contributed by atoms with Crippen molar-refractivity contribution < 1.29 is 35.5 Å². The van der Waals surface area contributed by atoms with E-state index in [1.54, 1.807) is 6.07 Å². The number of sulfonamides is 1. The van der Waals surface area contributed by atoms with Gasteiger partial charge in [0.15, 0.2) is 17.2 Å². The van der Waals surface area contributed by atoms with Crippen molar-refractivity contribution in [2.24, 2.45) is 0 Å². The van der Waals surface area contributed by atoms with Crippen LogP contribution in [0.1, 0.15) is 30.4 Å². The first-order chi connectivity index (χ1) is 22.2. The maximum atomic E-state index is 15.5. The van der Waals surface area contributed by atoms with Crippen molar-refractivity contribution in [3.63, 3.8) is 0 Å². The fourth-order valence-electron chi connectivity index (χ4n) is 5.28. The molecular weight excluding hydrogens is 732 g/mol. The topological polar surface area (TPSA) is 89.8 Å². The Bertz CT molecular complexity index is 1940. The molecule has 1 atom stereocenters. The van der Waals surface area contributed by atoms with Gasteiger partial charge in [0.2, 0.25) is 10.0 Å². The number of nitrogens with one attached hydrogen (secondary N) is 2. The van der Waals surface area contributed by atoms with E-state index in [1.807, 2.05) is 83.3 Å². The molecule has 1 heterocycles. The first-order valence-corrected chi connectivity index (χ1v) is 17.1. The quantitative estimate of drug-likeness (QED) is 0.110. The van der Waals surface area contributed by atoms with Crippen molar-refractivity contribution in [3.8, 4) is 0 Å². The summed E-state index contributed by atoms with van der Waals surface area (Å²) in [5.74, 6) is -3.37. The Morgan fingerprint density at radius 2 is 1.54 bits per heavy atom. The van der Waals surface area contributed by atoms with E-state index in [4.69, 9.17) is 13.9 Å². The monoisotopic (exact) mass is 762 g/mol. The zero-order chi connectivity index (χ0) is 32.3. The fourth-order valence-corrected chi connectivity index (χ4v) is 7.46. The number of halogens is 4. The predicted octanol–water partition coefficient (Wildman–Crippen LogP) is 8.66. The van der Waals surface area contributed by atoms with Crippen LogP contribution in [0.2, 0.25) is 0 Å². The Morgan fingerprint density at radius 1 is 0.870 bits per heavy atom. The van der Waals surface area contributed by atoms with Gasteiger partial charge in [0.1, 0.15) is 17.2 Å². The van der Waals surface area contributed by atoms with Gasteiger partial charge in [0, 0.05) is 3.57 Å². The molecule has 12 heteroatoms. The second kappa shape index (κ2) is 13.6. The molecule has 5 aromatic rings. The van der Waals surface area contributed by atoms with Crippen LogP contribution in [-0.2, 0) is 32.7 Å². The average molecular weight is 763 g/mol. The van der Waals surface area contributed by atoms with Gasteiger partial charge in [-0.05, 0) is 77.2 Å². The number of rotatable bonds is 14. The van der Waals surface area contributed by atoms with E-state index in [0.29, 0.717) is 23.0 Å². The standard InChI is InChI=1S/C34H30F3IN2O5S/c35-27-17-24(38)11-12-28(27)39-31-30(37)29(36)26-13-16-44-33(26)32(31)40-46(41,42)34(14-15-34)18-25(45-20-23-9-5-2-6-10-23)21-43-19-22-7-3-1-4-8-22/h1-13,16-17,25,39-40H,14-15,18-21H2. The summed E-state index contributed by atoms with van der Waals surface area (Å²) in [5.41, 5.74) is 0.533. The summed E-state index contributed by atoms with van der Waals surface area (Å²) in [6, 6.07) is 24.4. The summed E-state index contributed by atoms with van der Waals surface area (Å²) < 4.78 is 93.0. The zero-order valence-electron chi connectivity index (χ0n) is 24.4. The molecule has 0 saturated heterocycles. The van der Waals surface area contributed by atoms with E-state index >= 15 is 8.78 Å². The number of hydrogen-bond acceptors (Lipinski definition) is 6. The van der Waals surface area contributed by atoms with Gasteiger partial charge in [-0.3, -0.25) is 4.72 Å². The van der Waals surface area contributed by atoms with E-state index in [0.717, 1.165) is 17.4 Å². The summed E-state index contributed by atoms with van der Waals surface area (Å²) in [5, 5.41) is 2.29. The lowest BCUT2D eigenvalue weighted by Gasteiger charge is -2.25. The molecule has 1 fully saturated rings. The molecule has 1 unspecified atom stereocenters. The van der Waals surface area contributed by atoms with E-state index in [-0.39, 0.29) is 42.0 Å². The predicted molar refractivity (Wildman–Crippen MR) is 179 cm³/mol. The van der Waals surface area contributed by atoms with Crippen molar-refractivity contribution in [1.29, 1.82) is 0 Å². The van der Waals surface area contributed by atoms with Crippen LogP contribution in [-0.4, -0.2) is 25.9 Å². The van der Waals surface area contributed by atoms with E-state index < -0.39 is 44.0 Å². The minimum absolute atomic E-state index is 0.0867. The Hall–Kier alpha value is -3.59. The molecule has 1 aliphatic carbocycles. The second-order valence-electron chi connectivity index (χ2n) is 11.2. The van der Waals surface area contributed by atoms with Gasteiger partial charge in [0.25, 0.3) is 0 Å². The Balaban J connectivity index is 1.28. The molecule has 2 N–H and O–H groups in total. The molecule has 7 nitrogen and oxygen atoms in total. The summed E-state index contributed by atoms with van der Waals surface area (Å²) >= 11 is 1.92. The maximum Gasteiger partial charge on any atom is 0.238 e. The van der Waals surface area contributed by atoms with Crippen molar-refractivity contribution >= 4 is 60.6 Å². The van der Waals surface area contributed by atoms with Crippen LogP contribution in [0.25, 0.3) is 11.0 Å². The molecule has 6 rings (SSSR count). The van der Waals surface area contributed by atoms with Gasteiger partial charge in [-0.25, -0.2) is 21.6 Å². The third-order valence-electron chi connectivity index (χ3n) is 7.94. The van der Waals surface area contributed by atoms with Crippen LogP contribution in [0, 0.1) is 21.0 Å². The Morgan fingerprint density at radius 3 is 2.20 bits per heavy atom. The van der Waals surface area contributed by atoms with E-state index in [9.17, 15) is 12.8 Å². The van der Waals surface area contributed by atoms with Crippen molar-refractivity contribution in [3.05, 3.63) is 123 Å². The van der Waals surface area contributed by atoms with Gasteiger partial charge < -0.3 is 19.2 Å². The lowest BCUT2D eigenvalue weighted by Crippen LogP contribution is -2.36. The molecule has 1 aliphatic rings. The van der Waals surface area contributed by atoms with Crippen molar-refractivity contribution in [2.45, 2.75) is 43.3 Å². The van der Waals surface area contributed by atoms with Crippen LogP contribution < -0.4 is 10.0 Å². The molecule has 46 heavy (non-hydrogen) atoms. The largest absolute Gasteiger partial charge is 0.462 e. The van der Waals surface area contributed by atoms with Crippen LogP contribution in [0.3, 0.4) is 0 Å². The first kappa shape index (κ1) is 32.4. The van der Waals surface area contributed by atoms with E-state index in [2.05, 4.69) is 10.0 Å². The van der Waals surface area contributed by atoms with Gasteiger partial charge in [0.05, 0.1) is 48.0 Å². The normalized spacial score (nSPS) is 14.7. The lowest BCUT2D eigenvalue weighted by molar-refractivity contribution is -0.0344. The molecule has 4 aromatic carbocycles. The average Bonchev–Trinajstić information content (AvgIpc) is 3.68. The highest BCUT2D eigenvalue weighted by Gasteiger charge is 2.56. The van der Waals surface area contributed by atoms with Crippen LogP contribution in [0.5, 0.6) is 0 Å². The molecule has 0 spiro atoms. The molecular formula is C34H30F3IN2O5S. The fraction of sp³-hybridized carbons (Fsp3) is 0.235. The van der Waals surface area contributed by atoms with Gasteiger partial charge in [-0.2, -0.15) is 0 Å². The highest BCUT2D eigenvalue weighted by Crippen LogP contribution is 2.50. The van der Waals surface area contributed by atoms with Crippen molar-refractivity contribution in [2.75, 3.05) is 16.6 Å². The number of benzene rings is 4. The molecule has 1 aromatic heterocycles. The minimum atomic E-state index is -4.26. The molecule has 0 amide bonds. The second-order valence-corrected chi connectivity index (χ2v) is 14.5. The number of anilines is 3. The summed E-state index contributed by atoms with van der Waals surface area (Å²) in [6.45, 7) is 0.695. The summed E-state index contributed by atoms with van der Waals surface area (Å²) in [6.07, 6.45) is 1.24. The summed E-state index contributed by atoms with van der Waals surface area (Å²) in [7, 11) is -4.26. The Kier molecular flexibility index (Phi) is 9.59. The number of hydrogen-bond donors (Lipinski definition) is 2. The molecule has 0 radical (unpaired) electrons. The zero-order valence-corrected chi connectivity index (χ0v) is 27.4. The number of ether oxygens (including phenoxy) is 2. The maximum absolute atomic E-state index is 15.5. The smallest absolute Gasteiger partial charge is 0.238 e. The highest BCUT2D eigenvalue weighted by molar-refractivity contribution is 14.1. The van der Waals surface area contributed by atoms with Gasteiger partial charge in [-0.1, -0.05) is 60.7 Å². The van der Waals surface area contributed by atoms with Gasteiger partial charge in [-0.15, -0.1) is 0 Å². The first-order valence-electron chi connectivity index (χ1n) is 14.6. The Labute approximate surface area is 278 Å². The van der Waals surface area contributed by atoms with Crippen molar-refractivity contribution in [1.82, 2.24) is 0 Å². The SMILES string of the molecule is O=S(=O)(Nc1c(Nc2ccc(I)cc2F)c(F)c(F)c2ccoc12)C1(CC(COCc2ccccc2)OCc2ccccc2)CC1. The third-order valence-corrected chi connectivity index (χ3v) is 10.8. The molecule has 0 bridgehead atoms. The molecule has 240 valence electrons. The third kappa shape index (κ3) is 7.04. The van der Waals surface area contributed by atoms with E-state index in [1.165, 1.54) is 18.2 Å². The lowest BCUT2D eigenvalue weighted by atomic mass is 10.1. The highest BCUT2D eigenvalue weighted by atomic mass is 127. The van der Waals surface area contributed by atoms with Crippen LogP contribution in [0.4, 0.5) is 30.2 Å². The number of furan rings is 1.